The van der Waals surface area contributed by atoms with Gasteiger partial charge in [0.2, 0.25) is 11.8 Å². The fourth-order valence-electron chi connectivity index (χ4n) is 2.74. The first-order valence-electron chi connectivity index (χ1n) is 9.84. The van der Waals surface area contributed by atoms with Crippen molar-refractivity contribution in [1.29, 1.82) is 0 Å². The SMILES string of the molecule is CC(=O)N(C)CCN(C)c1cncc(Oc2ccc(-c3cccc(S(C)(=O)=O)n3)cc2)n1. The standard InChI is InChI=1S/C22H25N5O4S/c1-16(28)26(2)12-13-27(3)20-14-23-15-21(25-20)31-18-10-8-17(9-11-18)19-6-5-7-22(24-19)32(4,29)30/h5-11,14-15H,12-13H2,1-4H3. The number of ether oxygens (including phenoxy) is 1. The molecular weight excluding hydrogens is 430 g/mol. The van der Waals surface area contributed by atoms with Gasteiger partial charge in [0.1, 0.15) is 5.75 Å². The highest BCUT2D eigenvalue weighted by molar-refractivity contribution is 7.90. The van der Waals surface area contributed by atoms with Crippen LogP contribution in [-0.2, 0) is 14.6 Å². The predicted octanol–water partition coefficient (Wildman–Crippen LogP) is 2.65. The van der Waals surface area contributed by atoms with E-state index in [0.717, 1.165) is 11.8 Å². The van der Waals surface area contributed by atoms with Gasteiger partial charge in [0.05, 0.1) is 18.1 Å². The van der Waals surface area contributed by atoms with Gasteiger partial charge in [0.15, 0.2) is 20.7 Å². The second-order valence-corrected chi connectivity index (χ2v) is 9.30. The van der Waals surface area contributed by atoms with E-state index in [0.29, 0.717) is 36.2 Å². The molecule has 0 spiro atoms. The van der Waals surface area contributed by atoms with Crippen LogP contribution in [0.3, 0.4) is 0 Å². The quantitative estimate of drug-likeness (QED) is 0.510. The Labute approximate surface area is 187 Å². The molecule has 0 atom stereocenters. The van der Waals surface area contributed by atoms with Crippen molar-refractivity contribution in [3.63, 3.8) is 0 Å². The van der Waals surface area contributed by atoms with Crippen LogP contribution in [0.2, 0.25) is 0 Å². The minimum Gasteiger partial charge on any atom is -0.437 e. The molecule has 0 aliphatic heterocycles. The van der Waals surface area contributed by atoms with E-state index in [9.17, 15) is 13.2 Å². The molecule has 0 unspecified atom stereocenters. The largest absolute Gasteiger partial charge is 0.437 e. The van der Waals surface area contributed by atoms with Gasteiger partial charge in [-0.15, -0.1) is 0 Å². The number of aromatic nitrogens is 3. The number of sulfone groups is 1. The van der Waals surface area contributed by atoms with Crippen LogP contribution in [0.1, 0.15) is 6.92 Å². The molecule has 0 aliphatic carbocycles. The van der Waals surface area contributed by atoms with Crippen molar-refractivity contribution in [2.45, 2.75) is 11.9 Å². The number of carbonyl (C=O) groups excluding carboxylic acids is 1. The molecule has 0 fully saturated rings. The summed E-state index contributed by atoms with van der Waals surface area (Å²) in [7, 11) is 0.236. The first-order chi connectivity index (χ1) is 15.1. The van der Waals surface area contributed by atoms with Crippen LogP contribution in [0.15, 0.2) is 59.9 Å². The van der Waals surface area contributed by atoms with E-state index < -0.39 is 9.84 Å². The summed E-state index contributed by atoms with van der Waals surface area (Å²) in [6, 6.07) is 12.0. The first-order valence-corrected chi connectivity index (χ1v) is 11.7. The second-order valence-electron chi connectivity index (χ2n) is 7.34. The van der Waals surface area contributed by atoms with Crippen LogP contribution < -0.4 is 9.64 Å². The van der Waals surface area contributed by atoms with Gasteiger partial charge in [-0.2, -0.15) is 4.98 Å². The van der Waals surface area contributed by atoms with E-state index in [4.69, 9.17) is 4.74 Å². The lowest BCUT2D eigenvalue weighted by atomic mass is 10.1. The molecule has 0 bridgehead atoms. The number of rotatable bonds is 8. The Morgan fingerprint density at radius 3 is 2.38 bits per heavy atom. The van der Waals surface area contributed by atoms with Gasteiger partial charge in [-0.05, 0) is 36.4 Å². The van der Waals surface area contributed by atoms with Gasteiger partial charge in [0, 0.05) is 45.9 Å². The van der Waals surface area contributed by atoms with Crippen molar-refractivity contribution < 1.29 is 17.9 Å². The average molecular weight is 456 g/mol. The Balaban J connectivity index is 1.70. The minimum atomic E-state index is -3.38. The third-order valence-corrected chi connectivity index (χ3v) is 5.76. The highest BCUT2D eigenvalue weighted by Gasteiger charge is 2.11. The van der Waals surface area contributed by atoms with E-state index in [-0.39, 0.29) is 10.9 Å². The van der Waals surface area contributed by atoms with Crippen LogP contribution in [0.5, 0.6) is 11.6 Å². The van der Waals surface area contributed by atoms with Crippen molar-refractivity contribution in [3.8, 4) is 22.9 Å². The molecule has 2 aromatic heterocycles. The van der Waals surface area contributed by atoms with Crippen molar-refractivity contribution in [2.75, 3.05) is 38.3 Å². The number of hydrogen-bond donors (Lipinski definition) is 0. The number of hydrogen-bond acceptors (Lipinski definition) is 8. The Hall–Kier alpha value is -3.53. The summed E-state index contributed by atoms with van der Waals surface area (Å²) in [5.41, 5.74) is 1.32. The Bertz CT molecular complexity index is 1200. The molecule has 0 N–H and O–H groups in total. The molecule has 0 radical (unpaired) electrons. The Morgan fingerprint density at radius 2 is 1.72 bits per heavy atom. The van der Waals surface area contributed by atoms with E-state index in [2.05, 4.69) is 15.0 Å². The number of nitrogens with zero attached hydrogens (tertiary/aromatic N) is 5. The van der Waals surface area contributed by atoms with Gasteiger partial charge < -0.3 is 14.5 Å². The Morgan fingerprint density at radius 1 is 1.00 bits per heavy atom. The lowest BCUT2D eigenvalue weighted by molar-refractivity contribution is -0.127. The third-order valence-electron chi connectivity index (χ3n) is 4.78. The molecule has 3 rings (SSSR count). The first kappa shape index (κ1) is 23.1. The molecular formula is C22H25N5O4S. The molecule has 32 heavy (non-hydrogen) atoms. The van der Waals surface area contributed by atoms with E-state index in [1.807, 2.05) is 11.9 Å². The maximum absolute atomic E-state index is 11.7. The summed E-state index contributed by atoms with van der Waals surface area (Å²) >= 11 is 0. The molecule has 1 aromatic carbocycles. The third kappa shape index (κ3) is 6.01. The number of anilines is 1. The zero-order valence-corrected chi connectivity index (χ0v) is 19.2. The van der Waals surface area contributed by atoms with Crippen molar-refractivity contribution >= 4 is 21.6 Å². The van der Waals surface area contributed by atoms with Crippen LogP contribution in [0.4, 0.5) is 5.82 Å². The smallest absolute Gasteiger partial charge is 0.239 e. The summed E-state index contributed by atoms with van der Waals surface area (Å²) in [5.74, 6) is 1.51. The molecule has 1 amide bonds. The van der Waals surface area contributed by atoms with E-state index in [1.165, 1.54) is 19.2 Å². The summed E-state index contributed by atoms with van der Waals surface area (Å²) < 4.78 is 29.3. The maximum atomic E-state index is 11.7. The number of likely N-dealkylation sites (N-methyl/N-ethyl adjacent to an activating group) is 2. The van der Waals surface area contributed by atoms with Crippen LogP contribution in [-0.4, -0.2) is 67.6 Å². The van der Waals surface area contributed by atoms with Gasteiger partial charge in [0.25, 0.3) is 0 Å². The lowest BCUT2D eigenvalue weighted by Gasteiger charge is -2.22. The van der Waals surface area contributed by atoms with E-state index in [1.54, 1.807) is 54.5 Å². The minimum absolute atomic E-state index is 0.00302. The number of benzene rings is 1. The molecule has 2 heterocycles. The molecule has 0 saturated carbocycles. The summed E-state index contributed by atoms with van der Waals surface area (Å²) in [6.07, 6.45) is 4.28. The molecule has 168 valence electrons. The van der Waals surface area contributed by atoms with Crippen molar-refractivity contribution in [1.82, 2.24) is 19.9 Å². The molecule has 0 aliphatic rings. The van der Waals surface area contributed by atoms with Gasteiger partial charge in [-0.1, -0.05) is 6.07 Å². The average Bonchev–Trinajstić information content (AvgIpc) is 2.77. The van der Waals surface area contributed by atoms with E-state index >= 15 is 0 Å². The topological polar surface area (TPSA) is 106 Å². The predicted molar refractivity (Wildman–Crippen MR) is 121 cm³/mol. The van der Waals surface area contributed by atoms with Gasteiger partial charge in [-0.25, -0.2) is 13.4 Å². The fraction of sp³-hybridized carbons (Fsp3) is 0.273. The van der Waals surface area contributed by atoms with Crippen molar-refractivity contribution in [2.24, 2.45) is 0 Å². The fourth-order valence-corrected chi connectivity index (χ4v) is 3.33. The van der Waals surface area contributed by atoms with Gasteiger partial charge >= 0.3 is 0 Å². The van der Waals surface area contributed by atoms with Crippen LogP contribution >= 0.6 is 0 Å². The molecule has 10 heteroatoms. The molecule has 9 nitrogen and oxygen atoms in total. The number of amides is 1. The summed E-state index contributed by atoms with van der Waals surface area (Å²) in [4.78, 5) is 27.7. The highest BCUT2D eigenvalue weighted by atomic mass is 32.2. The second kappa shape index (κ2) is 9.73. The highest BCUT2D eigenvalue weighted by Crippen LogP contribution is 2.25. The van der Waals surface area contributed by atoms with Crippen LogP contribution in [0, 0.1) is 0 Å². The lowest BCUT2D eigenvalue weighted by Crippen LogP contribution is -2.33. The number of pyridine rings is 1. The maximum Gasteiger partial charge on any atom is 0.239 e. The molecule has 3 aromatic rings. The zero-order chi connectivity index (χ0) is 23.3. The number of carbonyl (C=O) groups is 1. The summed E-state index contributed by atoms with van der Waals surface area (Å²) in [6.45, 7) is 2.69. The Kier molecular flexibility index (Phi) is 7.04. The monoisotopic (exact) mass is 455 g/mol. The summed E-state index contributed by atoms with van der Waals surface area (Å²) in [5, 5.41) is 0.0287. The van der Waals surface area contributed by atoms with Crippen molar-refractivity contribution in [3.05, 3.63) is 54.9 Å². The van der Waals surface area contributed by atoms with Gasteiger partial charge in [-0.3, -0.25) is 9.78 Å². The normalized spacial score (nSPS) is 11.1. The molecule has 0 saturated heterocycles. The van der Waals surface area contributed by atoms with Crippen LogP contribution in [0.25, 0.3) is 11.3 Å². The zero-order valence-electron chi connectivity index (χ0n) is 18.4.